The average molecular weight is 340 g/mol. The van der Waals surface area contributed by atoms with Crippen molar-refractivity contribution in [3.8, 4) is 0 Å². The zero-order valence-electron chi connectivity index (χ0n) is 13.5. The largest absolute Gasteiger partial charge is 0.373 e. The Labute approximate surface area is 137 Å². The van der Waals surface area contributed by atoms with E-state index in [2.05, 4.69) is 4.98 Å². The van der Waals surface area contributed by atoms with Gasteiger partial charge in [0.1, 0.15) is 0 Å². The molecule has 2 aliphatic heterocycles. The fourth-order valence-electron chi connectivity index (χ4n) is 3.22. The van der Waals surface area contributed by atoms with Gasteiger partial charge in [0.05, 0.1) is 24.1 Å². The summed E-state index contributed by atoms with van der Waals surface area (Å²) in [5, 5.41) is 0. The van der Waals surface area contributed by atoms with Gasteiger partial charge in [-0.3, -0.25) is 4.98 Å². The second kappa shape index (κ2) is 6.84. The van der Waals surface area contributed by atoms with Gasteiger partial charge in [0.2, 0.25) is 10.0 Å². The van der Waals surface area contributed by atoms with E-state index < -0.39 is 10.0 Å². The van der Waals surface area contributed by atoms with Crippen LogP contribution in [0, 0.1) is 0 Å². The lowest BCUT2D eigenvalue weighted by Gasteiger charge is -2.52. The third-order valence-electron chi connectivity index (χ3n) is 4.44. The standard InChI is InChI=1S/C16H24N2O4S/c1-2-8-23(19,20)18-12-16(13-18)9-15(5-7-22-16)21-11-14-4-3-6-17-10-14/h3-4,6,10,15H,2,5,7-9,11-13H2,1H3/t15-/m1/s1. The Morgan fingerprint density at radius 2 is 2.30 bits per heavy atom. The zero-order chi connectivity index (χ0) is 16.3. The summed E-state index contributed by atoms with van der Waals surface area (Å²) in [5.74, 6) is 0.212. The van der Waals surface area contributed by atoms with Gasteiger partial charge in [0.15, 0.2) is 0 Å². The van der Waals surface area contributed by atoms with Crippen LogP contribution in [0.1, 0.15) is 31.7 Å². The molecule has 0 aromatic carbocycles. The van der Waals surface area contributed by atoms with Crippen molar-refractivity contribution in [1.82, 2.24) is 9.29 Å². The molecule has 1 aromatic rings. The quantitative estimate of drug-likeness (QED) is 0.786. The normalized spacial score (nSPS) is 24.5. The van der Waals surface area contributed by atoms with Crippen molar-refractivity contribution < 1.29 is 17.9 Å². The number of nitrogens with zero attached hydrogens (tertiary/aromatic N) is 2. The van der Waals surface area contributed by atoms with E-state index in [9.17, 15) is 8.42 Å². The molecule has 2 fully saturated rings. The molecule has 23 heavy (non-hydrogen) atoms. The third kappa shape index (κ3) is 3.91. The molecule has 2 saturated heterocycles. The number of aromatic nitrogens is 1. The summed E-state index contributed by atoms with van der Waals surface area (Å²) in [7, 11) is -3.12. The first-order chi connectivity index (χ1) is 11.0. The Kier molecular flexibility index (Phi) is 5.01. The SMILES string of the molecule is CCCS(=O)(=O)N1CC2(C[C@H](OCc3cccnc3)CCO2)C1. The Morgan fingerprint density at radius 1 is 1.48 bits per heavy atom. The van der Waals surface area contributed by atoms with Crippen LogP contribution in [0.15, 0.2) is 24.5 Å². The van der Waals surface area contributed by atoms with Crippen molar-refractivity contribution >= 4 is 10.0 Å². The van der Waals surface area contributed by atoms with Crippen LogP contribution in [0.3, 0.4) is 0 Å². The van der Waals surface area contributed by atoms with E-state index >= 15 is 0 Å². The van der Waals surface area contributed by atoms with Crippen molar-refractivity contribution in [2.24, 2.45) is 0 Å². The second-order valence-electron chi connectivity index (χ2n) is 6.40. The van der Waals surface area contributed by atoms with E-state index in [0.717, 1.165) is 18.4 Å². The fourth-order valence-corrected chi connectivity index (χ4v) is 4.86. The van der Waals surface area contributed by atoms with E-state index in [-0.39, 0.29) is 17.5 Å². The highest BCUT2D eigenvalue weighted by Gasteiger charge is 2.51. The first kappa shape index (κ1) is 16.8. The first-order valence-electron chi connectivity index (χ1n) is 8.15. The first-order valence-corrected chi connectivity index (χ1v) is 9.76. The van der Waals surface area contributed by atoms with Crippen molar-refractivity contribution in [2.75, 3.05) is 25.4 Å². The predicted molar refractivity (Wildman–Crippen MR) is 86.4 cm³/mol. The Balaban J connectivity index is 1.52. The van der Waals surface area contributed by atoms with Gasteiger partial charge in [-0.15, -0.1) is 0 Å². The molecule has 3 rings (SSSR count). The van der Waals surface area contributed by atoms with E-state index in [1.165, 1.54) is 0 Å². The van der Waals surface area contributed by atoms with Crippen LogP contribution in [-0.2, 0) is 26.1 Å². The lowest BCUT2D eigenvalue weighted by atomic mass is 9.86. The van der Waals surface area contributed by atoms with Crippen LogP contribution >= 0.6 is 0 Å². The summed E-state index contributed by atoms with van der Waals surface area (Å²) in [4.78, 5) is 4.08. The van der Waals surface area contributed by atoms with Gasteiger partial charge in [-0.1, -0.05) is 13.0 Å². The van der Waals surface area contributed by atoms with Gasteiger partial charge in [0, 0.05) is 38.5 Å². The van der Waals surface area contributed by atoms with E-state index in [4.69, 9.17) is 9.47 Å². The lowest BCUT2D eigenvalue weighted by molar-refractivity contribution is -0.180. The van der Waals surface area contributed by atoms with Gasteiger partial charge in [-0.05, 0) is 24.5 Å². The predicted octanol–water partition coefficient (Wildman–Crippen LogP) is 1.57. The number of rotatable bonds is 6. The Hall–Kier alpha value is -1.02. The van der Waals surface area contributed by atoms with Crippen LogP contribution in [0.2, 0.25) is 0 Å². The van der Waals surface area contributed by atoms with Gasteiger partial charge in [-0.25, -0.2) is 8.42 Å². The third-order valence-corrected chi connectivity index (χ3v) is 6.41. The molecule has 1 spiro atoms. The van der Waals surface area contributed by atoms with E-state index in [1.54, 1.807) is 16.7 Å². The monoisotopic (exact) mass is 340 g/mol. The number of pyridine rings is 1. The maximum Gasteiger partial charge on any atom is 0.214 e. The maximum atomic E-state index is 12.1. The van der Waals surface area contributed by atoms with E-state index in [1.807, 2.05) is 19.1 Å². The Morgan fingerprint density at radius 3 is 3.00 bits per heavy atom. The van der Waals surface area contributed by atoms with Crippen LogP contribution < -0.4 is 0 Å². The summed E-state index contributed by atoms with van der Waals surface area (Å²) < 4.78 is 37.5. The molecule has 0 N–H and O–H groups in total. The lowest BCUT2D eigenvalue weighted by Crippen LogP contribution is -2.67. The summed E-state index contributed by atoms with van der Waals surface area (Å²) in [6.07, 6.45) is 5.91. The van der Waals surface area contributed by atoms with Gasteiger partial charge in [0.25, 0.3) is 0 Å². The molecule has 0 unspecified atom stereocenters. The smallest absolute Gasteiger partial charge is 0.214 e. The molecule has 0 radical (unpaired) electrons. The van der Waals surface area contributed by atoms with Gasteiger partial charge >= 0.3 is 0 Å². The molecule has 1 atom stereocenters. The minimum Gasteiger partial charge on any atom is -0.373 e. The molecule has 0 saturated carbocycles. The van der Waals surface area contributed by atoms with Gasteiger partial charge < -0.3 is 9.47 Å². The van der Waals surface area contributed by atoms with Crippen molar-refractivity contribution in [3.05, 3.63) is 30.1 Å². The van der Waals surface area contributed by atoms with Crippen LogP contribution in [0.25, 0.3) is 0 Å². The summed E-state index contributed by atoms with van der Waals surface area (Å²) in [6, 6.07) is 3.89. The molecule has 0 aliphatic carbocycles. The summed E-state index contributed by atoms with van der Waals surface area (Å²) in [6.45, 7) is 3.96. The van der Waals surface area contributed by atoms with Crippen molar-refractivity contribution in [1.29, 1.82) is 0 Å². The molecular weight excluding hydrogens is 316 g/mol. The molecule has 2 aliphatic rings. The van der Waals surface area contributed by atoms with Gasteiger partial charge in [-0.2, -0.15) is 4.31 Å². The second-order valence-corrected chi connectivity index (χ2v) is 8.49. The number of sulfonamides is 1. The highest BCUT2D eigenvalue weighted by molar-refractivity contribution is 7.89. The average Bonchev–Trinajstić information content (AvgIpc) is 2.52. The minimum absolute atomic E-state index is 0.111. The maximum absolute atomic E-state index is 12.1. The van der Waals surface area contributed by atoms with Crippen LogP contribution in [-0.4, -0.2) is 54.9 Å². The fraction of sp³-hybridized carbons (Fsp3) is 0.688. The molecule has 6 nitrogen and oxygen atoms in total. The molecule has 0 bridgehead atoms. The minimum atomic E-state index is -3.12. The molecule has 1 aromatic heterocycles. The highest BCUT2D eigenvalue weighted by atomic mass is 32.2. The Bertz CT molecular complexity index is 614. The molecule has 7 heteroatoms. The molecule has 3 heterocycles. The number of hydrogen-bond donors (Lipinski definition) is 0. The summed E-state index contributed by atoms with van der Waals surface area (Å²) in [5.41, 5.74) is 0.701. The number of hydrogen-bond acceptors (Lipinski definition) is 5. The van der Waals surface area contributed by atoms with E-state index in [0.29, 0.717) is 32.7 Å². The zero-order valence-corrected chi connectivity index (χ0v) is 14.3. The molecular formula is C16H24N2O4S. The van der Waals surface area contributed by atoms with Crippen LogP contribution in [0.5, 0.6) is 0 Å². The highest BCUT2D eigenvalue weighted by Crippen LogP contribution is 2.37. The summed E-state index contributed by atoms with van der Waals surface area (Å²) >= 11 is 0. The molecule has 0 amide bonds. The van der Waals surface area contributed by atoms with Crippen molar-refractivity contribution in [2.45, 2.75) is 44.5 Å². The van der Waals surface area contributed by atoms with Crippen molar-refractivity contribution in [3.63, 3.8) is 0 Å². The molecule has 128 valence electrons. The van der Waals surface area contributed by atoms with Crippen LogP contribution in [0.4, 0.5) is 0 Å². The number of ether oxygens (including phenoxy) is 2. The topological polar surface area (TPSA) is 68.7 Å².